The topological polar surface area (TPSA) is 344 Å². The van der Waals surface area contributed by atoms with Crippen molar-refractivity contribution in [3.63, 3.8) is 0 Å². The SMILES string of the molecule is CC.CCC(CC)(CO)CO.CCCC(CCO)CCO.CN.CN.CO.CO.Cc1cc(C)cc(N)c1.Cc1cc(N)ccc1-c1ccc(N)cc1C.Cc1cc(N)ccc1CO.Cc1ccc(C)c(N)c1.Cc1ccccc1.Cc1ccccc1.Oc1ccccc1. The molecule has 0 bridgehead atoms. The fourth-order valence-electron chi connectivity index (χ4n) is 8.09. The van der Waals surface area contributed by atoms with E-state index in [4.69, 9.17) is 69.5 Å². The van der Waals surface area contributed by atoms with Crippen molar-refractivity contribution < 1.29 is 40.9 Å². The standard InChI is InChI=1S/C14H16N2.C8H11NO.2C8H11N.C8H18O2.C7H16O2.2C7H8.C6H6O.C2H6.2CH5N.2CH4O/c1-9-7-11(15)3-5-13(9)14-6-4-12(16)8-10(14)2;1-6-4-8(9)3-2-7(6)5-10;1-6-3-7(2)5-8(9)4-6;1-6-3-4-7(2)8(9)5-6;1-2-3-8(4-6-9)5-7-10;1-3-7(4-2,5-8)6-9;2*1-7-5-3-2-4-6-7;7-6-4-2-1-3-5-6;5*1-2/h3-8H,15-16H2,1-2H3;2-4,10H,5,9H2,1H3;2*3-5H,9H2,1-2H3;8-10H,2-7H2,1H3;8-9H,3-6H2,1-2H3;2*2-6H,1H3;1-5,7H;1-2H3;2*2H2,1H3;2*2H,1H3. The minimum absolute atomic E-state index is 0.0894. The van der Waals surface area contributed by atoms with Crippen LogP contribution in [0.5, 0.6) is 5.75 Å². The summed E-state index contributed by atoms with van der Waals surface area (Å²) in [5, 5.41) is 66.3. The molecule has 0 fully saturated rings. The summed E-state index contributed by atoms with van der Waals surface area (Å²) in [4.78, 5) is 0. The number of aliphatic hydroxyl groups excluding tert-OH is 7. The van der Waals surface area contributed by atoms with E-state index in [-0.39, 0.29) is 38.4 Å². The van der Waals surface area contributed by atoms with Crippen molar-refractivity contribution in [3.8, 4) is 16.9 Å². The van der Waals surface area contributed by atoms with E-state index in [9.17, 15) is 0 Å². The Labute approximate surface area is 569 Å². The Balaban J connectivity index is -0.000000230. The van der Waals surface area contributed by atoms with Gasteiger partial charge in [0.05, 0.1) is 19.8 Å². The number of hydrogen-bond donors (Lipinski definition) is 15. The molecule has 8 rings (SSSR count). The average molecular weight is 1300 g/mol. The van der Waals surface area contributed by atoms with Gasteiger partial charge in [0.1, 0.15) is 5.75 Å². The van der Waals surface area contributed by atoms with Crippen molar-refractivity contribution in [1.82, 2.24) is 0 Å². The Morgan fingerprint density at radius 2 is 0.723 bits per heavy atom. The number of phenolic OH excluding ortho intramolecular Hbond substituents is 1. The van der Waals surface area contributed by atoms with E-state index >= 15 is 0 Å². The molecule has 0 heterocycles. The lowest BCUT2D eigenvalue weighted by molar-refractivity contribution is 0.0480. The molecule has 0 atom stereocenters. The summed E-state index contributed by atoms with van der Waals surface area (Å²) in [5.74, 6) is 0.850. The van der Waals surface area contributed by atoms with E-state index in [0.717, 1.165) is 97.9 Å². The molecule has 0 aliphatic carbocycles. The molecule has 8 aromatic rings. The molecule has 0 saturated carbocycles. The maximum absolute atomic E-state index is 8.82. The van der Waals surface area contributed by atoms with Gasteiger partial charge in [-0.25, -0.2) is 0 Å². The van der Waals surface area contributed by atoms with Crippen LogP contribution in [0.2, 0.25) is 0 Å². The molecule has 94 heavy (non-hydrogen) atoms. The molecule has 0 amide bonds. The molecule has 528 valence electrons. The normalized spacial score (nSPS) is 9.19. The van der Waals surface area contributed by atoms with Crippen molar-refractivity contribution in [2.75, 3.05) is 83.4 Å². The summed E-state index contributed by atoms with van der Waals surface area (Å²) in [7, 11) is 5.00. The fraction of sp³-hybridized carbons (Fsp3) is 0.392. The Bertz CT molecular complexity index is 2730. The lowest BCUT2D eigenvalue weighted by Crippen LogP contribution is -2.27. The van der Waals surface area contributed by atoms with E-state index in [1.807, 2.05) is 165 Å². The number of anilines is 5. The molecule has 0 aliphatic rings. The van der Waals surface area contributed by atoms with Crippen LogP contribution in [0.25, 0.3) is 11.1 Å². The lowest BCUT2D eigenvalue weighted by atomic mass is 9.84. The number of aromatic hydroxyl groups is 1. The summed E-state index contributed by atoms with van der Waals surface area (Å²) in [6.45, 7) is 29.3. The fourth-order valence-corrected chi connectivity index (χ4v) is 8.09. The first-order chi connectivity index (χ1) is 45.0. The number of para-hydroxylation sites is 1. The molecule has 0 aromatic heterocycles. The zero-order valence-electron chi connectivity index (χ0n) is 60.8. The average Bonchev–Trinajstić information content (AvgIpc) is 0.836. The van der Waals surface area contributed by atoms with Crippen LogP contribution < -0.4 is 40.1 Å². The second-order valence-electron chi connectivity index (χ2n) is 21.1. The Kier molecular flexibility index (Phi) is 67.5. The number of nitrogens with two attached hydrogens (primary N) is 7. The van der Waals surface area contributed by atoms with Gasteiger partial charge in [0, 0.05) is 61.3 Å². The number of nitrogen functional groups attached to an aromatic ring is 5. The highest BCUT2D eigenvalue weighted by molar-refractivity contribution is 5.74. The van der Waals surface area contributed by atoms with E-state index in [0.29, 0.717) is 11.7 Å². The van der Waals surface area contributed by atoms with Crippen LogP contribution in [0.3, 0.4) is 0 Å². The van der Waals surface area contributed by atoms with E-state index in [2.05, 4.69) is 94.6 Å². The van der Waals surface area contributed by atoms with Crippen LogP contribution in [-0.4, -0.2) is 95.6 Å². The van der Waals surface area contributed by atoms with Gasteiger partial charge in [-0.1, -0.05) is 174 Å². The highest BCUT2D eigenvalue weighted by Gasteiger charge is 2.23. The van der Waals surface area contributed by atoms with E-state index in [1.165, 1.54) is 64.2 Å². The predicted molar refractivity (Wildman–Crippen MR) is 410 cm³/mol. The van der Waals surface area contributed by atoms with Gasteiger partial charge < -0.3 is 81.0 Å². The maximum atomic E-state index is 8.82. The van der Waals surface area contributed by atoms with Crippen molar-refractivity contribution in [1.29, 1.82) is 0 Å². The summed E-state index contributed by atoms with van der Waals surface area (Å²) < 4.78 is 0. The molecule has 22 N–H and O–H groups in total. The van der Waals surface area contributed by atoms with Gasteiger partial charge >= 0.3 is 0 Å². The minimum atomic E-state index is -0.222. The number of phenols is 1. The molecule has 0 spiro atoms. The number of hydrogen-bond acceptors (Lipinski definition) is 15. The molecule has 0 aliphatic heterocycles. The van der Waals surface area contributed by atoms with Crippen molar-refractivity contribution in [3.05, 3.63) is 238 Å². The van der Waals surface area contributed by atoms with Gasteiger partial charge in [-0.05, 0) is 230 Å². The molecule has 0 radical (unpaired) electrons. The number of benzene rings is 8. The third kappa shape index (κ3) is 50.7. The van der Waals surface area contributed by atoms with Crippen LogP contribution in [0.1, 0.15) is 129 Å². The van der Waals surface area contributed by atoms with E-state index < -0.39 is 0 Å². The van der Waals surface area contributed by atoms with Gasteiger partial charge in [0.2, 0.25) is 0 Å². The first kappa shape index (κ1) is 97.3. The van der Waals surface area contributed by atoms with Gasteiger partial charge in [0.15, 0.2) is 0 Å². The zero-order chi connectivity index (χ0) is 73.5. The first-order valence-electron chi connectivity index (χ1n) is 32.1. The molecule has 0 saturated heterocycles. The van der Waals surface area contributed by atoms with Crippen LogP contribution in [0, 0.1) is 73.6 Å². The number of rotatable bonds is 12. The van der Waals surface area contributed by atoms with Crippen molar-refractivity contribution in [2.24, 2.45) is 22.8 Å². The summed E-state index contributed by atoms with van der Waals surface area (Å²) in [6.07, 6.45) is 5.64. The predicted octanol–water partition coefficient (Wildman–Crippen LogP) is 14.7. The molecule has 0 unspecified atom stereocenters. The van der Waals surface area contributed by atoms with E-state index in [1.54, 1.807) is 30.3 Å². The summed E-state index contributed by atoms with van der Waals surface area (Å²) >= 11 is 0. The third-order valence-corrected chi connectivity index (χ3v) is 13.6. The quantitative estimate of drug-likeness (QED) is 0.0506. The van der Waals surface area contributed by atoms with Gasteiger partial charge in [-0.3, -0.25) is 0 Å². The van der Waals surface area contributed by atoms with Crippen LogP contribution in [0.4, 0.5) is 28.4 Å². The maximum Gasteiger partial charge on any atom is 0.115 e. The smallest absolute Gasteiger partial charge is 0.115 e. The molecular formula is C79H129N7O8. The molecule has 15 nitrogen and oxygen atoms in total. The van der Waals surface area contributed by atoms with Gasteiger partial charge in [-0.2, -0.15) is 0 Å². The largest absolute Gasteiger partial charge is 0.508 e. The van der Waals surface area contributed by atoms with Gasteiger partial charge in [0.25, 0.3) is 0 Å². The first-order valence-corrected chi connectivity index (χ1v) is 32.1. The monoisotopic (exact) mass is 1300 g/mol. The highest BCUT2D eigenvalue weighted by atomic mass is 16.3. The number of aryl methyl sites for hydroxylation is 9. The molecule has 8 aromatic carbocycles. The van der Waals surface area contributed by atoms with Crippen molar-refractivity contribution in [2.45, 2.75) is 142 Å². The molecular weight excluding hydrogens is 1170 g/mol. The third-order valence-electron chi connectivity index (χ3n) is 13.6. The van der Waals surface area contributed by atoms with Gasteiger partial charge in [-0.15, -0.1) is 0 Å². The highest BCUT2D eigenvalue weighted by Crippen LogP contribution is 2.29. The number of aliphatic hydroxyl groups is 7. The summed E-state index contributed by atoms with van der Waals surface area (Å²) in [6, 6.07) is 58.8. The molecule has 15 heteroatoms. The lowest BCUT2D eigenvalue weighted by Gasteiger charge is -2.25. The Morgan fingerprint density at radius 1 is 0.362 bits per heavy atom. The summed E-state index contributed by atoms with van der Waals surface area (Å²) in [5.41, 5.74) is 55.3. The second-order valence-corrected chi connectivity index (χ2v) is 21.1. The van der Waals surface area contributed by atoms with Crippen LogP contribution >= 0.6 is 0 Å². The Hall–Kier alpha value is -7.80. The zero-order valence-corrected chi connectivity index (χ0v) is 60.8. The van der Waals surface area contributed by atoms with Crippen molar-refractivity contribution >= 4 is 28.4 Å². The second kappa shape index (κ2) is 65.3. The van der Waals surface area contributed by atoms with Crippen LogP contribution in [-0.2, 0) is 6.61 Å². The Morgan fingerprint density at radius 3 is 0.957 bits per heavy atom. The van der Waals surface area contributed by atoms with Crippen LogP contribution in [0.15, 0.2) is 182 Å². The minimum Gasteiger partial charge on any atom is -0.508 e.